The van der Waals surface area contributed by atoms with E-state index in [1.54, 1.807) is 18.7 Å². The van der Waals surface area contributed by atoms with Gasteiger partial charge in [0.05, 0.1) is 4.48 Å². The van der Waals surface area contributed by atoms with Crippen molar-refractivity contribution in [1.82, 2.24) is 4.90 Å². The first-order chi connectivity index (χ1) is 6.32. The van der Waals surface area contributed by atoms with E-state index < -0.39 is 16.4 Å². The van der Waals surface area contributed by atoms with Crippen LogP contribution in [0.4, 0.5) is 13.2 Å². The number of hydrogen-bond acceptors (Lipinski definition) is 2. The summed E-state index contributed by atoms with van der Waals surface area (Å²) in [7, 11) is 0. The van der Waals surface area contributed by atoms with Crippen LogP contribution in [0.1, 0.15) is 13.8 Å². The zero-order chi connectivity index (χ0) is 11.4. The monoisotopic (exact) mass is 273 g/mol. The molecular formula is C8H11BrF3NO. The minimum Gasteiger partial charge on any atom is -0.377 e. The number of Topliss-reactive ketones (excluding diaryl/α,β-unsaturated/α-hetero) is 1. The summed E-state index contributed by atoms with van der Waals surface area (Å²) in [6.07, 6.45) is -3.65. The molecule has 0 heterocycles. The lowest BCUT2D eigenvalue weighted by atomic mass is 10.3. The molecule has 0 spiro atoms. The van der Waals surface area contributed by atoms with Crippen LogP contribution in [0.15, 0.2) is 10.7 Å². The second kappa shape index (κ2) is 5.38. The molecule has 0 aliphatic rings. The predicted molar refractivity (Wildman–Crippen MR) is 51.0 cm³/mol. The third-order valence-electron chi connectivity index (χ3n) is 1.58. The van der Waals surface area contributed by atoms with E-state index in [-0.39, 0.29) is 0 Å². The predicted octanol–water partition coefficient (Wildman–Crippen LogP) is 2.70. The first-order valence-corrected chi connectivity index (χ1v) is 4.85. The molecule has 2 nitrogen and oxygen atoms in total. The zero-order valence-corrected chi connectivity index (χ0v) is 9.44. The average Bonchev–Trinajstić information content (AvgIpc) is 2.11. The zero-order valence-electron chi connectivity index (χ0n) is 7.86. The molecule has 0 bridgehead atoms. The largest absolute Gasteiger partial charge is 0.455 e. The molecule has 0 saturated carbocycles. The molecule has 0 saturated heterocycles. The summed E-state index contributed by atoms with van der Waals surface area (Å²) in [6, 6.07) is 0. The van der Waals surface area contributed by atoms with Crippen LogP contribution >= 0.6 is 15.9 Å². The highest BCUT2D eigenvalue weighted by Gasteiger charge is 2.40. The van der Waals surface area contributed by atoms with Gasteiger partial charge in [-0.25, -0.2) is 0 Å². The number of nitrogens with zero attached hydrogens (tertiary/aromatic N) is 1. The van der Waals surface area contributed by atoms with Crippen LogP contribution in [0.25, 0.3) is 0 Å². The number of allylic oxidation sites excluding steroid dienone is 1. The van der Waals surface area contributed by atoms with Crippen LogP contribution in [0.3, 0.4) is 0 Å². The molecule has 0 aliphatic heterocycles. The van der Waals surface area contributed by atoms with Crippen molar-refractivity contribution in [2.75, 3.05) is 13.1 Å². The van der Waals surface area contributed by atoms with Gasteiger partial charge < -0.3 is 4.90 Å². The SMILES string of the molecule is CCN(/C=C(\Br)C(=O)C(F)(F)F)CC. The van der Waals surface area contributed by atoms with Crippen LogP contribution in [0.5, 0.6) is 0 Å². The second-order valence-electron chi connectivity index (χ2n) is 2.53. The van der Waals surface area contributed by atoms with Crippen LogP contribution in [-0.4, -0.2) is 29.9 Å². The molecule has 0 aliphatic carbocycles. The first-order valence-electron chi connectivity index (χ1n) is 4.05. The van der Waals surface area contributed by atoms with Crippen molar-refractivity contribution in [3.63, 3.8) is 0 Å². The van der Waals surface area contributed by atoms with Gasteiger partial charge >= 0.3 is 6.18 Å². The Labute approximate surface area is 88.9 Å². The van der Waals surface area contributed by atoms with Crippen molar-refractivity contribution < 1.29 is 18.0 Å². The molecule has 14 heavy (non-hydrogen) atoms. The smallest absolute Gasteiger partial charge is 0.377 e. The highest BCUT2D eigenvalue weighted by Crippen LogP contribution is 2.23. The summed E-state index contributed by atoms with van der Waals surface area (Å²) < 4.78 is 35.3. The van der Waals surface area contributed by atoms with E-state index in [1.807, 2.05) is 0 Å². The average molecular weight is 274 g/mol. The van der Waals surface area contributed by atoms with Crippen LogP contribution in [-0.2, 0) is 4.79 Å². The summed E-state index contributed by atoms with van der Waals surface area (Å²) in [6.45, 7) is 4.68. The number of carbonyl (C=O) groups excluding carboxylic acids is 1. The Morgan fingerprint density at radius 2 is 1.79 bits per heavy atom. The minimum absolute atomic E-state index is 0.464. The number of halogens is 4. The van der Waals surface area contributed by atoms with Crippen molar-refractivity contribution >= 4 is 21.7 Å². The molecule has 0 unspecified atom stereocenters. The van der Waals surface area contributed by atoms with Crippen LogP contribution < -0.4 is 0 Å². The molecule has 0 aromatic rings. The maximum Gasteiger partial charge on any atom is 0.455 e. The summed E-state index contributed by atoms with van der Waals surface area (Å²) >= 11 is 2.61. The fraction of sp³-hybridized carbons (Fsp3) is 0.625. The summed E-state index contributed by atoms with van der Waals surface area (Å²) in [4.78, 5) is 12.3. The van der Waals surface area contributed by atoms with Crippen LogP contribution in [0, 0.1) is 0 Å². The lowest BCUT2D eigenvalue weighted by Crippen LogP contribution is -2.25. The molecule has 0 atom stereocenters. The standard InChI is InChI=1S/C8H11BrF3NO/c1-3-13(4-2)5-6(9)7(14)8(10,11)12/h5H,3-4H2,1-2H3/b6-5-. The van der Waals surface area contributed by atoms with Gasteiger partial charge in [-0.1, -0.05) is 0 Å². The van der Waals surface area contributed by atoms with Gasteiger partial charge in [-0.05, 0) is 29.8 Å². The van der Waals surface area contributed by atoms with Crippen molar-refractivity contribution in [3.05, 3.63) is 10.7 Å². The molecule has 0 radical (unpaired) electrons. The van der Waals surface area contributed by atoms with Crippen molar-refractivity contribution in [3.8, 4) is 0 Å². The Kier molecular flexibility index (Phi) is 5.18. The molecule has 0 N–H and O–H groups in total. The number of hydrogen-bond donors (Lipinski definition) is 0. The lowest BCUT2D eigenvalue weighted by molar-refractivity contribution is -0.165. The van der Waals surface area contributed by atoms with Gasteiger partial charge in [0, 0.05) is 19.3 Å². The maximum absolute atomic E-state index is 11.9. The molecule has 0 rings (SSSR count). The Morgan fingerprint density at radius 3 is 2.07 bits per heavy atom. The quantitative estimate of drug-likeness (QED) is 0.734. The number of carbonyl (C=O) groups is 1. The molecule has 0 amide bonds. The van der Waals surface area contributed by atoms with E-state index >= 15 is 0 Å². The highest BCUT2D eigenvalue weighted by atomic mass is 79.9. The van der Waals surface area contributed by atoms with Gasteiger partial charge in [-0.3, -0.25) is 4.79 Å². The van der Waals surface area contributed by atoms with E-state index in [2.05, 4.69) is 15.9 Å². The van der Waals surface area contributed by atoms with E-state index in [4.69, 9.17) is 0 Å². The maximum atomic E-state index is 11.9. The van der Waals surface area contributed by atoms with E-state index in [9.17, 15) is 18.0 Å². The second-order valence-corrected chi connectivity index (χ2v) is 3.38. The number of alkyl halides is 3. The van der Waals surface area contributed by atoms with E-state index in [0.29, 0.717) is 13.1 Å². The summed E-state index contributed by atoms with van der Waals surface area (Å²) in [5, 5.41) is 0. The van der Waals surface area contributed by atoms with Gasteiger partial charge in [-0.15, -0.1) is 0 Å². The third kappa shape index (κ3) is 4.13. The number of ketones is 1. The summed E-state index contributed by atoms with van der Waals surface area (Å²) in [5.41, 5.74) is 0. The third-order valence-corrected chi connectivity index (χ3v) is 2.15. The molecule has 0 aromatic carbocycles. The van der Waals surface area contributed by atoms with Gasteiger partial charge in [0.2, 0.25) is 0 Å². The normalized spacial score (nSPS) is 12.9. The van der Waals surface area contributed by atoms with Gasteiger partial charge in [0.15, 0.2) is 0 Å². The Balaban J connectivity index is 4.60. The Hall–Kier alpha value is -0.520. The topological polar surface area (TPSA) is 20.3 Å². The van der Waals surface area contributed by atoms with Gasteiger partial charge in [-0.2, -0.15) is 13.2 Å². The van der Waals surface area contributed by atoms with E-state index in [1.165, 1.54) is 0 Å². The fourth-order valence-electron chi connectivity index (χ4n) is 0.761. The molecule has 6 heteroatoms. The van der Waals surface area contributed by atoms with Crippen molar-refractivity contribution in [2.24, 2.45) is 0 Å². The van der Waals surface area contributed by atoms with Crippen molar-refractivity contribution in [2.45, 2.75) is 20.0 Å². The molecule has 82 valence electrons. The molecule has 0 fully saturated rings. The summed E-state index contributed by atoms with van der Waals surface area (Å²) in [5.74, 6) is -1.86. The minimum atomic E-state index is -4.82. The van der Waals surface area contributed by atoms with Gasteiger partial charge in [0.25, 0.3) is 5.78 Å². The van der Waals surface area contributed by atoms with Crippen molar-refractivity contribution in [1.29, 1.82) is 0 Å². The van der Waals surface area contributed by atoms with Crippen LogP contribution in [0.2, 0.25) is 0 Å². The Bertz CT molecular complexity index is 233. The molecule has 0 aromatic heterocycles. The van der Waals surface area contributed by atoms with Gasteiger partial charge in [0.1, 0.15) is 0 Å². The lowest BCUT2D eigenvalue weighted by Gasteiger charge is -2.16. The number of rotatable bonds is 4. The first kappa shape index (κ1) is 13.5. The van der Waals surface area contributed by atoms with E-state index in [0.717, 1.165) is 6.20 Å². The highest BCUT2D eigenvalue weighted by molar-refractivity contribution is 9.12. The Morgan fingerprint density at radius 1 is 1.36 bits per heavy atom. The fourth-order valence-corrected chi connectivity index (χ4v) is 1.27. The molecular weight excluding hydrogens is 263 g/mol.